The Morgan fingerprint density at radius 1 is 1.48 bits per heavy atom. The molecule has 21 heavy (non-hydrogen) atoms. The summed E-state index contributed by atoms with van der Waals surface area (Å²) in [5.74, 6) is 0.145. The maximum Gasteiger partial charge on any atom is 0.178 e. The zero-order chi connectivity index (χ0) is 15.4. The molecule has 0 radical (unpaired) electrons. The highest BCUT2D eigenvalue weighted by Gasteiger charge is 2.27. The third kappa shape index (κ3) is 3.54. The summed E-state index contributed by atoms with van der Waals surface area (Å²) >= 11 is 0. The molecule has 1 aliphatic rings. The first kappa shape index (κ1) is 16.2. The van der Waals surface area contributed by atoms with Crippen molar-refractivity contribution in [2.24, 2.45) is 0 Å². The molecule has 0 bridgehead atoms. The number of ketones is 1. The molecule has 1 N–H and O–H groups in total. The molecule has 0 aromatic carbocycles. The first-order chi connectivity index (χ1) is 10.1. The smallest absolute Gasteiger partial charge is 0.178 e. The SMILES string of the molecule is COCCn1c(C)cc(C(=O)CN2CCCC2CO)c1C. The van der Waals surface area contributed by atoms with Crippen LogP contribution in [-0.2, 0) is 11.3 Å². The molecular weight excluding hydrogens is 268 g/mol. The molecule has 0 spiro atoms. The van der Waals surface area contributed by atoms with Gasteiger partial charge in [-0.05, 0) is 39.3 Å². The van der Waals surface area contributed by atoms with Crippen molar-refractivity contribution < 1.29 is 14.6 Å². The lowest BCUT2D eigenvalue weighted by molar-refractivity contribution is 0.0887. The van der Waals surface area contributed by atoms with E-state index in [0.29, 0.717) is 13.2 Å². The first-order valence-electron chi connectivity index (χ1n) is 7.62. The van der Waals surface area contributed by atoms with Crippen LogP contribution in [0, 0.1) is 13.8 Å². The van der Waals surface area contributed by atoms with E-state index in [-0.39, 0.29) is 18.4 Å². The number of likely N-dealkylation sites (tertiary alicyclic amines) is 1. The van der Waals surface area contributed by atoms with Crippen molar-refractivity contribution in [1.82, 2.24) is 9.47 Å². The number of aliphatic hydroxyl groups is 1. The third-order valence-electron chi connectivity index (χ3n) is 4.45. The summed E-state index contributed by atoms with van der Waals surface area (Å²) in [5, 5.41) is 9.35. The molecule has 0 saturated carbocycles. The van der Waals surface area contributed by atoms with Gasteiger partial charge in [0.1, 0.15) is 0 Å². The molecule has 5 heteroatoms. The number of aliphatic hydroxyl groups excluding tert-OH is 1. The number of hydrogen-bond donors (Lipinski definition) is 1. The Morgan fingerprint density at radius 3 is 2.90 bits per heavy atom. The van der Waals surface area contributed by atoms with Gasteiger partial charge in [-0.15, -0.1) is 0 Å². The fourth-order valence-corrected chi connectivity index (χ4v) is 3.19. The normalized spacial score (nSPS) is 19.3. The van der Waals surface area contributed by atoms with Crippen LogP contribution in [-0.4, -0.2) is 59.8 Å². The van der Waals surface area contributed by atoms with Crippen LogP contribution in [0.2, 0.25) is 0 Å². The van der Waals surface area contributed by atoms with Crippen LogP contribution in [0.5, 0.6) is 0 Å². The zero-order valence-corrected chi connectivity index (χ0v) is 13.3. The molecule has 1 atom stereocenters. The Bertz CT molecular complexity index is 496. The highest BCUT2D eigenvalue weighted by atomic mass is 16.5. The second-order valence-electron chi connectivity index (χ2n) is 5.80. The van der Waals surface area contributed by atoms with Crippen molar-refractivity contribution >= 4 is 5.78 Å². The van der Waals surface area contributed by atoms with Gasteiger partial charge in [-0.2, -0.15) is 0 Å². The average Bonchev–Trinajstić information content (AvgIpc) is 3.02. The van der Waals surface area contributed by atoms with Crippen LogP contribution in [0.3, 0.4) is 0 Å². The predicted octanol–water partition coefficient (Wildman–Crippen LogP) is 1.39. The van der Waals surface area contributed by atoms with E-state index in [4.69, 9.17) is 4.74 Å². The predicted molar refractivity (Wildman–Crippen MR) is 81.8 cm³/mol. The Labute approximate surface area is 126 Å². The molecule has 118 valence electrons. The van der Waals surface area contributed by atoms with Crippen molar-refractivity contribution in [2.45, 2.75) is 39.3 Å². The fourth-order valence-electron chi connectivity index (χ4n) is 3.19. The van der Waals surface area contributed by atoms with Crippen LogP contribution in [0.1, 0.15) is 34.6 Å². The summed E-state index contributed by atoms with van der Waals surface area (Å²) in [4.78, 5) is 14.7. The van der Waals surface area contributed by atoms with Crippen LogP contribution < -0.4 is 0 Å². The summed E-state index contributed by atoms with van der Waals surface area (Å²) in [6.07, 6.45) is 2.04. The monoisotopic (exact) mass is 294 g/mol. The first-order valence-corrected chi connectivity index (χ1v) is 7.62. The van der Waals surface area contributed by atoms with Gasteiger partial charge in [0.2, 0.25) is 0 Å². The van der Waals surface area contributed by atoms with Crippen molar-refractivity contribution in [2.75, 3.05) is 33.4 Å². The van der Waals surface area contributed by atoms with E-state index in [1.165, 1.54) is 0 Å². The van der Waals surface area contributed by atoms with Gasteiger partial charge in [0, 0.05) is 36.6 Å². The highest BCUT2D eigenvalue weighted by molar-refractivity contribution is 5.99. The molecule has 1 aromatic heterocycles. The number of aryl methyl sites for hydroxylation is 1. The number of hydrogen-bond acceptors (Lipinski definition) is 4. The van der Waals surface area contributed by atoms with Crippen molar-refractivity contribution in [3.63, 3.8) is 0 Å². The van der Waals surface area contributed by atoms with Crippen LogP contribution in [0.25, 0.3) is 0 Å². The highest BCUT2D eigenvalue weighted by Crippen LogP contribution is 2.20. The molecule has 1 aliphatic heterocycles. The number of Topliss-reactive ketones (excluding diaryl/α,β-unsaturated/α-hetero) is 1. The van der Waals surface area contributed by atoms with Gasteiger partial charge in [-0.1, -0.05) is 0 Å². The van der Waals surface area contributed by atoms with Crippen LogP contribution in [0.4, 0.5) is 0 Å². The largest absolute Gasteiger partial charge is 0.395 e. The average molecular weight is 294 g/mol. The van der Waals surface area contributed by atoms with Gasteiger partial charge < -0.3 is 14.4 Å². The van der Waals surface area contributed by atoms with Crippen molar-refractivity contribution in [3.8, 4) is 0 Å². The van der Waals surface area contributed by atoms with E-state index in [0.717, 1.165) is 42.9 Å². The summed E-state index contributed by atoms with van der Waals surface area (Å²) in [6, 6.07) is 2.11. The van der Waals surface area contributed by atoms with Gasteiger partial charge in [0.15, 0.2) is 5.78 Å². The molecule has 1 unspecified atom stereocenters. The molecule has 0 aliphatic carbocycles. The Hall–Kier alpha value is -1.17. The second kappa shape index (κ2) is 7.20. The molecule has 0 amide bonds. The lowest BCUT2D eigenvalue weighted by Gasteiger charge is -2.21. The topological polar surface area (TPSA) is 54.7 Å². The number of aromatic nitrogens is 1. The minimum atomic E-state index is 0.139. The molecule has 2 heterocycles. The molecule has 1 saturated heterocycles. The summed E-state index contributed by atoms with van der Waals surface area (Å²) in [7, 11) is 1.68. The van der Waals surface area contributed by atoms with E-state index < -0.39 is 0 Å². The van der Waals surface area contributed by atoms with E-state index >= 15 is 0 Å². The van der Waals surface area contributed by atoms with Gasteiger partial charge in [0.25, 0.3) is 0 Å². The van der Waals surface area contributed by atoms with Gasteiger partial charge in [-0.3, -0.25) is 9.69 Å². The lowest BCUT2D eigenvalue weighted by atomic mass is 10.1. The maximum atomic E-state index is 12.6. The van der Waals surface area contributed by atoms with Gasteiger partial charge >= 0.3 is 0 Å². The molecule has 1 aromatic rings. The Balaban J connectivity index is 2.09. The quantitative estimate of drug-likeness (QED) is 0.772. The van der Waals surface area contributed by atoms with Gasteiger partial charge in [0.05, 0.1) is 19.8 Å². The maximum absolute atomic E-state index is 12.6. The standard InChI is InChI=1S/C16H26N2O3/c1-12-9-15(13(2)18(12)7-8-21-3)16(20)10-17-6-4-5-14(17)11-19/h9,14,19H,4-8,10-11H2,1-3H3. The van der Waals surface area contributed by atoms with E-state index in [1.54, 1.807) is 7.11 Å². The third-order valence-corrected chi connectivity index (χ3v) is 4.45. The van der Waals surface area contributed by atoms with Gasteiger partial charge in [-0.25, -0.2) is 0 Å². The van der Waals surface area contributed by atoms with E-state index in [9.17, 15) is 9.90 Å². The minimum Gasteiger partial charge on any atom is -0.395 e. The fraction of sp³-hybridized carbons (Fsp3) is 0.688. The number of carbonyl (C=O) groups is 1. The summed E-state index contributed by atoms with van der Waals surface area (Å²) in [5.41, 5.74) is 2.90. The second-order valence-corrected chi connectivity index (χ2v) is 5.80. The Morgan fingerprint density at radius 2 is 2.24 bits per heavy atom. The Kier molecular flexibility index (Phi) is 5.56. The van der Waals surface area contributed by atoms with E-state index in [2.05, 4.69) is 9.47 Å². The molecule has 5 nitrogen and oxygen atoms in total. The van der Waals surface area contributed by atoms with Crippen LogP contribution >= 0.6 is 0 Å². The number of rotatable bonds is 7. The minimum absolute atomic E-state index is 0.139. The van der Waals surface area contributed by atoms with Crippen molar-refractivity contribution in [3.05, 3.63) is 23.0 Å². The number of methoxy groups -OCH3 is 1. The number of nitrogens with zero attached hydrogens (tertiary/aromatic N) is 2. The number of carbonyl (C=O) groups excluding carboxylic acids is 1. The molecule has 2 rings (SSSR count). The molecule has 1 fully saturated rings. The summed E-state index contributed by atoms with van der Waals surface area (Å²) in [6.45, 7) is 6.86. The molecular formula is C16H26N2O3. The lowest BCUT2D eigenvalue weighted by Crippen LogP contribution is -2.36. The summed E-state index contributed by atoms with van der Waals surface area (Å²) < 4.78 is 7.25. The van der Waals surface area contributed by atoms with E-state index in [1.807, 2.05) is 19.9 Å². The van der Waals surface area contributed by atoms with Crippen LogP contribution in [0.15, 0.2) is 6.07 Å². The zero-order valence-electron chi connectivity index (χ0n) is 13.3. The number of ether oxygens (including phenoxy) is 1. The van der Waals surface area contributed by atoms with Crippen molar-refractivity contribution in [1.29, 1.82) is 0 Å².